The zero-order chi connectivity index (χ0) is 22.0. The second-order valence-corrected chi connectivity index (χ2v) is 8.17. The maximum Gasteiger partial charge on any atom is 0.349 e. The summed E-state index contributed by atoms with van der Waals surface area (Å²) < 4.78 is 6.45. The van der Waals surface area contributed by atoms with Crippen molar-refractivity contribution in [3.8, 4) is 11.8 Å². The summed E-state index contributed by atoms with van der Waals surface area (Å²) in [7, 11) is 1.64. The summed E-state index contributed by atoms with van der Waals surface area (Å²) in [6.45, 7) is 8.04. The Balaban J connectivity index is 1.98. The molecule has 2 aromatic rings. The molecule has 1 aromatic carbocycles. The van der Waals surface area contributed by atoms with Crippen LogP contribution in [0.1, 0.15) is 30.7 Å². The molecule has 0 amide bonds. The molecule has 156 valence electrons. The topological polar surface area (TPSA) is 125 Å². The number of nitriles is 1. The molecule has 2 heterocycles. The SMILES string of the molecule is COC1NN=C(Sc2c(C)cc(-n3nc(C#N)c(=O)[nH]c3=O)cc2C)C=C1C(C)C. The first kappa shape index (κ1) is 21.5. The first-order chi connectivity index (χ1) is 14.2. The van der Waals surface area contributed by atoms with Crippen molar-refractivity contribution in [1.82, 2.24) is 20.2 Å². The molecule has 30 heavy (non-hydrogen) atoms. The van der Waals surface area contributed by atoms with Crippen LogP contribution in [0.3, 0.4) is 0 Å². The van der Waals surface area contributed by atoms with Crippen LogP contribution in [0.4, 0.5) is 0 Å². The number of rotatable bonds is 4. The van der Waals surface area contributed by atoms with Crippen molar-refractivity contribution in [2.75, 3.05) is 7.11 Å². The van der Waals surface area contributed by atoms with Gasteiger partial charge in [0.1, 0.15) is 11.1 Å². The van der Waals surface area contributed by atoms with Crippen LogP contribution in [0.2, 0.25) is 0 Å². The van der Waals surface area contributed by atoms with E-state index >= 15 is 0 Å². The number of benzene rings is 1. The third-order valence-corrected chi connectivity index (χ3v) is 5.88. The number of hydrogen-bond acceptors (Lipinski definition) is 8. The van der Waals surface area contributed by atoms with Crippen LogP contribution >= 0.6 is 11.8 Å². The van der Waals surface area contributed by atoms with E-state index in [9.17, 15) is 9.59 Å². The normalized spacial score (nSPS) is 16.0. The molecule has 0 radical (unpaired) electrons. The average Bonchev–Trinajstić information content (AvgIpc) is 2.70. The minimum atomic E-state index is -0.802. The van der Waals surface area contributed by atoms with Gasteiger partial charge in [0.05, 0.1) is 5.69 Å². The fourth-order valence-corrected chi connectivity index (χ4v) is 4.06. The summed E-state index contributed by atoms with van der Waals surface area (Å²) in [5.74, 6) is 0.297. The maximum atomic E-state index is 12.2. The van der Waals surface area contributed by atoms with E-state index < -0.39 is 11.2 Å². The van der Waals surface area contributed by atoms with Gasteiger partial charge in [0.25, 0.3) is 5.56 Å². The number of hydrogen-bond donors (Lipinski definition) is 2. The van der Waals surface area contributed by atoms with E-state index in [4.69, 9.17) is 10.00 Å². The van der Waals surface area contributed by atoms with Gasteiger partial charge in [0.15, 0.2) is 6.23 Å². The highest BCUT2D eigenvalue weighted by atomic mass is 32.2. The first-order valence-electron chi connectivity index (χ1n) is 9.25. The van der Waals surface area contributed by atoms with Crippen LogP contribution in [0.5, 0.6) is 0 Å². The van der Waals surface area contributed by atoms with Crippen LogP contribution in [-0.2, 0) is 4.74 Å². The molecule has 1 atom stereocenters. The Hall–Kier alpha value is -3.16. The second-order valence-electron chi connectivity index (χ2n) is 7.14. The Morgan fingerprint density at radius 2 is 1.93 bits per heavy atom. The Morgan fingerprint density at radius 1 is 1.27 bits per heavy atom. The Bertz CT molecular complexity index is 1180. The fourth-order valence-electron chi connectivity index (χ4n) is 3.12. The lowest BCUT2D eigenvalue weighted by Crippen LogP contribution is -2.34. The number of aryl methyl sites for hydroxylation is 2. The molecule has 1 unspecified atom stereocenters. The molecule has 3 rings (SSSR count). The standard InChI is InChI=1S/C20H22N6O3S/c1-10(2)14-8-16(23-24-19(14)29-5)30-17-11(3)6-13(7-12(17)4)26-20(28)22-18(27)15(9-21)25-26/h6-8,10,19,24H,1-5H3,(H,22,27,28). The molecule has 0 saturated carbocycles. The molecule has 1 aliphatic rings. The van der Waals surface area contributed by atoms with Crippen LogP contribution in [0, 0.1) is 31.1 Å². The number of hydrazone groups is 1. The Labute approximate surface area is 177 Å². The zero-order valence-electron chi connectivity index (χ0n) is 17.3. The summed E-state index contributed by atoms with van der Waals surface area (Å²) in [5, 5.41) is 18.1. The molecule has 10 heteroatoms. The molecule has 2 N–H and O–H groups in total. The van der Waals surface area contributed by atoms with Crippen molar-refractivity contribution in [3.63, 3.8) is 0 Å². The van der Waals surface area contributed by atoms with Gasteiger partial charge in [0.2, 0.25) is 5.69 Å². The van der Waals surface area contributed by atoms with Gasteiger partial charge < -0.3 is 4.74 Å². The molecule has 0 spiro atoms. The summed E-state index contributed by atoms with van der Waals surface area (Å²) in [6, 6.07) is 5.26. The summed E-state index contributed by atoms with van der Waals surface area (Å²) in [4.78, 5) is 26.9. The van der Waals surface area contributed by atoms with Crippen molar-refractivity contribution in [2.24, 2.45) is 11.0 Å². The van der Waals surface area contributed by atoms with Gasteiger partial charge in [-0.25, -0.2) is 4.79 Å². The molecule has 0 bridgehead atoms. The molecular formula is C20H22N6O3S. The molecule has 0 saturated heterocycles. The van der Waals surface area contributed by atoms with Crippen molar-refractivity contribution in [3.05, 3.63) is 61.4 Å². The summed E-state index contributed by atoms with van der Waals surface area (Å²) in [5.41, 5.74) is 4.54. The largest absolute Gasteiger partial charge is 0.356 e. The van der Waals surface area contributed by atoms with E-state index in [0.29, 0.717) is 11.6 Å². The molecule has 9 nitrogen and oxygen atoms in total. The average molecular weight is 427 g/mol. The Morgan fingerprint density at radius 3 is 2.50 bits per heavy atom. The van der Waals surface area contributed by atoms with E-state index in [0.717, 1.165) is 31.3 Å². The number of H-pyrrole nitrogens is 1. The highest BCUT2D eigenvalue weighted by Gasteiger charge is 2.22. The van der Waals surface area contributed by atoms with E-state index in [1.54, 1.807) is 25.3 Å². The predicted molar refractivity (Wildman–Crippen MR) is 115 cm³/mol. The molecular weight excluding hydrogens is 404 g/mol. The number of aromatic nitrogens is 3. The van der Waals surface area contributed by atoms with E-state index in [1.165, 1.54) is 11.8 Å². The lowest BCUT2D eigenvalue weighted by Gasteiger charge is -2.26. The third kappa shape index (κ3) is 4.22. The van der Waals surface area contributed by atoms with E-state index in [2.05, 4.69) is 34.5 Å². The van der Waals surface area contributed by atoms with E-state index in [1.807, 2.05) is 19.9 Å². The summed E-state index contributed by atoms with van der Waals surface area (Å²) >= 11 is 1.51. The number of nitrogens with one attached hydrogen (secondary N) is 2. The van der Waals surface area contributed by atoms with Crippen molar-refractivity contribution in [1.29, 1.82) is 5.26 Å². The molecule has 1 aromatic heterocycles. The summed E-state index contributed by atoms with van der Waals surface area (Å²) in [6.07, 6.45) is 1.78. The number of nitrogens with zero attached hydrogens (tertiary/aromatic N) is 4. The lowest BCUT2D eigenvalue weighted by molar-refractivity contribution is 0.0959. The lowest BCUT2D eigenvalue weighted by atomic mass is 10.0. The maximum absolute atomic E-state index is 12.2. The first-order valence-corrected chi connectivity index (χ1v) is 10.1. The van der Waals surface area contributed by atoms with Crippen LogP contribution in [-0.4, -0.2) is 33.1 Å². The third-order valence-electron chi connectivity index (χ3n) is 4.62. The van der Waals surface area contributed by atoms with Crippen molar-refractivity contribution in [2.45, 2.75) is 38.8 Å². The zero-order valence-corrected chi connectivity index (χ0v) is 18.1. The molecule has 0 aliphatic carbocycles. The fraction of sp³-hybridized carbons (Fsp3) is 0.350. The predicted octanol–water partition coefficient (Wildman–Crippen LogP) is 1.97. The number of thioether (sulfide) groups is 1. The van der Waals surface area contributed by atoms with Gasteiger partial charge in [-0.2, -0.15) is 15.0 Å². The number of ether oxygens (including phenoxy) is 1. The van der Waals surface area contributed by atoms with Crippen molar-refractivity contribution < 1.29 is 4.74 Å². The van der Waals surface area contributed by atoms with Gasteiger partial charge in [-0.15, -0.1) is 5.10 Å². The van der Waals surface area contributed by atoms with E-state index in [-0.39, 0.29) is 11.9 Å². The van der Waals surface area contributed by atoms with Gasteiger partial charge in [-0.3, -0.25) is 15.2 Å². The Kier molecular flexibility index (Phi) is 6.24. The number of aromatic amines is 1. The molecule has 1 aliphatic heterocycles. The number of methoxy groups -OCH3 is 1. The van der Waals surface area contributed by atoms with Gasteiger partial charge >= 0.3 is 5.69 Å². The highest BCUT2D eigenvalue weighted by molar-refractivity contribution is 8.14. The van der Waals surface area contributed by atoms with Crippen molar-refractivity contribution >= 4 is 16.8 Å². The highest BCUT2D eigenvalue weighted by Crippen LogP contribution is 2.32. The van der Waals surface area contributed by atoms with Gasteiger partial charge in [-0.05, 0) is 54.7 Å². The van der Waals surface area contributed by atoms with Gasteiger partial charge in [-0.1, -0.05) is 25.6 Å². The van der Waals surface area contributed by atoms with Crippen LogP contribution in [0.15, 0.2) is 43.4 Å². The monoisotopic (exact) mass is 426 g/mol. The smallest absolute Gasteiger partial charge is 0.349 e. The van der Waals surface area contributed by atoms with Crippen LogP contribution < -0.4 is 16.7 Å². The molecule has 0 fully saturated rings. The van der Waals surface area contributed by atoms with Gasteiger partial charge in [0, 0.05) is 12.0 Å². The minimum absolute atomic E-state index is 0.244. The van der Waals surface area contributed by atoms with Crippen LogP contribution in [0.25, 0.3) is 5.69 Å². The quantitative estimate of drug-likeness (QED) is 0.766. The minimum Gasteiger partial charge on any atom is -0.356 e. The second kappa shape index (κ2) is 8.69.